The predicted octanol–water partition coefficient (Wildman–Crippen LogP) is 5.07. The summed E-state index contributed by atoms with van der Waals surface area (Å²) < 4.78 is 14.9. The molecule has 25 heavy (non-hydrogen) atoms. The summed E-state index contributed by atoms with van der Waals surface area (Å²) in [6.45, 7) is 5.22. The Morgan fingerprint density at radius 2 is 2.24 bits per heavy atom. The molecule has 1 atom stereocenters. The number of rotatable bonds is 5. The van der Waals surface area contributed by atoms with E-state index in [9.17, 15) is 9.18 Å². The van der Waals surface area contributed by atoms with E-state index in [4.69, 9.17) is 5.73 Å². The molecule has 1 aromatic rings. The molecule has 0 fully saturated rings. The van der Waals surface area contributed by atoms with Crippen molar-refractivity contribution >= 4 is 33.1 Å². The minimum Gasteiger partial charge on any atom is -0.398 e. The zero-order valence-electron chi connectivity index (χ0n) is 14.2. The number of nitrogen functional groups attached to an aromatic ring is 1. The topological polar surface area (TPSA) is 55.1 Å². The van der Waals surface area contributed by atoms with Crippen molar-refractivity contribution in [3.8, 4) is 0 Å². The van der Waals surface area contributed by atoms with Gasteiger partial charge in [-0.3, -0.25) is 4.79 Å². The smallest absolute Gasteiger partial charge is 0.254 e. The molecule has 1 aliphatic rings. The van der Waals surface area contributed by atoms with Gasteiger partial charge < -0.3 is 11.1 Å². The number of halogens is 2. The summed E-state index contributed by atoms with van der Waals surface area (Å²) in [7, 11) is 0. The van der Waals surface area contributed by atoms with Gasteiger partial charge >= 0.3 is 0 Å². The lowest BCUT2D eigenvalue weighted by molar-refractivity contribution is -0.117. The number of carbonyl (C=O) groups excluding carboxylic acids is 1. The molecule has 2 rings (SSSR count). The van der Waals surface area contributed by atoms with E-state index in [-0.39, 0.29) is 11.6 Å². The summed E-state index contributed by atoms with van der Waals surface area (Å²) in [4.78, 5) is 12.3. The summed E-state index contributed by atoms with van der Waals surface area (Å²) in [5.74, 6) is -1.05. The second-order valence-electron chi connectivity index (χ2n) is 5.86. The van der Waals surface area contributed by atoms with E-state index < -0.39 is 11.7 Å². The van der Waals surface area contributed by atoms with Crippen molar-refractivity contribution < 1.29 is 9.18 Å². The Morgan fingerprint density at radius 1 is 1.48 bits per heavy atom. The van der Waals surface area contributed by atoms with Gasteiger partial charge in [0.25, 0.3) is 5.91 Å². The van der Waals surface area contributed by atoms with E-state index in [1.165, 1.54) is 12.2 Å². The van der Waals surface area contributed by atoms with Crippen molar-refractivity contribution in [3.63, 3.8) is 0 Å². The molecule has 1 aromatic carbocycles. The van der Waals surface area contributed by atoms with Crippen LogP contribution in [0.15, 0.2) is 65.0 Å². The number of hydrogen-bond donors (Lipinski definition) is 2. The van der Waals surface area contributed by atoms with Crippen LogP contribution < -0.4 is 11.1 Å². The van der Waals surface area contributed by atoms with Crippen LogP contribution in [0.5, 0.6) is 0 Å². The van der Waals surface area contributed by atoms with Gasteiger partial charge in [0.15, 0.2) is 0 Å². The Kier molecular flexibility index (Phi) is 6.76. The van der Waals surface area contributed by atoms with Gasteiger partial charge in [-0.05, 0) is 56.0 Å². The predicted molar refractivity (Wildman–Crippen MR) is 105 cm³/mol. The zero-order valence-corrected chi connectivity index (χ0v) is 15.8. The number of benzene rings is 1. The van der Waals surface area contributed by atoms with Crippen LogP contribution >= 0.6 is 15.9 Å². The van der Waals surface area contributed by atoms with E-state index in [1.54, 1.807) is 13.0 Å². The molecule has 0 saturated heterocycles. The Bertz CT molecular complexity index is 765. The molecule has 1 unspecified atom stereocenters. The SMILES string of the molecule is C=C/C(C(=O)NC1C=C(c2cc(Br)ccc2N)CCC1)=C(F)\C=C/C. The number of allylic oxidation sites excluding steroid dienone is 4. The summed E-state index contributed by atoms with van der Waals surface area (Å²) in [5.41, 5.74) is 8.79. The van der Waals surface area contributed by atoms with E-state index in [0.717, 1.165) is 34.9 Å². The standard InChI is InChI=1S/C20H22BrFN2O/c1-3-6-18(22)16(4-2)20(25)24-15-8-5-7-13(11-15)17-12-14(21)9-10-19(17)23/h3-4,6,9-12,15H,2,5,7-8,23H2,1H3,(H,24,25)/b6-3-,18-16-. The fourth-order valence-corrected chi connectivity index (χ4v) is 3.21. The van der Waals surface area contributed by atoms with Crippen molar-refractivity contribution in [2.45, 2.75) is 32.2 Å². The third-order valence-corrected chi connectivity index (χ3v) is 4.55. The molecule has 1 aliphatic carbocycles. The summed E-state index contributed by atoms with van der Waals surface area (Å²) in [6, 6.07) is 5.56. The Balaban J connectivity index is 2.23. The minimum atomic E-state index is -0.591. The van der Waals surface area contributed by atoms with Crippen molar-refractivity contribution in [2.75, 3.05) is 5.73 Å². The number of carbonyl (C=O) groups is 1. The van der Waals surface area contributed by atoms with E-state index in [2.05, 4.69) is 27.8 Å². The van der Waals surface area contributed by atoms with Gasteiger partial charge in [-0.1, -0.05) is 40.7 Å². The van der Waals surface area contributed by atoms with E-state index >= 15 is 0 Å². The lowest BCUT2D eigenvalue weighted by Gasteiger charge is -2.23. The van der Waals surface area contributed by atoms with Crippen LogP contribution in [-0.2, 0) is 4.79 Å². The van der Waals surface area contributed by atoms with E-state index in [1.807, 2.05) is 24.3 Å². The molecule has 3 N–H and O–H groups in total. The van der Waals surface area contributed by atoms with Crippen LogP contribution in [0, 0.1) is 0 Å². The molecule has 0 radical (unpaired) electrons. The van der Waals surface area contributed by atoms with Crippen LogP contribution in [0.3, 0.4) is 0 Å². The van der Waals surface area contributed by atoms with Crippen LogP contribution in [0.25, 0.3) is 5.57 Å². The molecule has 0 saturated carbocycles. The van der Waals surface area contributed by atoms with E-state index in [0.29, 0.717) is 5.69 Å². The highest BCUT2D eigenvalue weighted by Gasteiger charge is 2.20. The minimum absolute atomic E-state index is 0.0550. The second kappa shape index (κ2) is 8.81. The summed E-state index contributed by atoms with van der Waals surface area (Å²) in [6.07, 6.45) is 8.66. The highest BCUT2D eigenvalue weighted by molar-refractivity contribution is 9.10. The van der Waals surface area contributed by atoms with Gasteiger partial charge in [-0.15, -0.1) is 0 Å². The normalized spacial score (nSPS) is 18.5. The number of nitrogens with two attached hydrogens (primary N) is 1. The highest BCUT2D eigenvalue weighted by Crippen LogP contribution is 2.32. The van der Waals surface area contributed by atoms with Gasteiger partial charge in [0.05, 0.1) is 5.57 Å². The molecule has 3 nitrogen and oxygen atoms in total. The molecule has 0 aliphatic heterocycles. The average molecular weight is 405 g/mol. The van der Waals surface area contributed by atoms with Gasteiger partial charge in [0, 0.05) is 21.8 Å². The first-order valence-corrected chi connectivity index (χ1v) is 8.97. The Morgan fingerprint density at radius 3 is 2.92 bits per heavy atom. The molecular formula is C20H22BrFN2O. The van der Waals surface area contributed by atoms with Crippen molar-refractivity contribution in [1.29, 1.82) is 0 Å². The molecule has 5 heteroatoms. The monoisotopic (exact) mass is 404 g/mol. The van der Waals surface area contributed by atoms with Gasteiger partial charge in [-0.25, -0.2) is 4.39 Å². The molecule has 0 bridgehead atoms. The van der Waals surface area contributed by atoms with Crippen LogP contribution in [0.4, 0.5) is 10.1 Å². The zero-order chi connectivity index (χ0) is 18.4. The lowest BCUT2D eigenvalue weighted by atomic mass is 9.90. The Labute approximate surface area is 156 Å². The van der Waals surface area contributed by atoms with Crippen LogP contribution in [-0.4, -0.2) is 11.9 Å². The second-order valence-corrected chi connectivity index (χ2v) is 6.78. The fourth-order valence-electron chi connectivity index (χ4n) is 2.85. The average Bonchev–Trinajstić information content (AvgIpc) is 2.58. The van der Waals surface area contributed by atoms with Crippen LogP contribution in [0.2, 0.25) is 0 Å². The van der Waals surface area contributed by atoms with Crippen molar-refractivity contribution in [1.82, 2.24) is 5.32 Å². The number of nitrogens with one attached hydrogen (secondary N) is 1. The third kappa shape index (κ3) is 4.92. The quantitative estimate of drug-likeness (QED) is 0.408. The van der Waals surface area contributed by atoms with Gasteiger partial charge in [0.1, 0.15) is 5.83 Å². The third-order valence-electron chi connectivity index (χ3n) is 4.06. The Hall–Kier alpha value is -2.14. The first-order chi connectivity index (χ1) is 12.0. The molecule has 1 amide bonds. The molecule has 0 heterocycles. The maximum Gasteiger partial charge on any atom is 0.254 e. The summed E-state index contributed by atoms with van der Waals surface area (Å²) >= 11 is 3.46. The number of hydrogen-bond acceptors (Lipinski definition) is 2. The van der Waals surface area contributed by atoms with Gasteiger partial charge in [-0.2, -0.15) is 0 Å². The number of anilines is 1. The first kappa shape index (κ1) is 19.2. The maximum atomic E-state index is 13.9. The van der Waals surface area contributed by atoms with Gasteiger partial charge in [0.2, 0.25) is 0 Å². The largest absolute Gasteiger partial charge is 0.398 e. The molecule has 0 spiro atoms. The lowest BCUT2D eigenvalue weighted by Crippen LogP contribution is -2.35. The maximum absolute atomic E-state index is 13.9. The summed E-state index contributed by atoms with van der Waals surface area (Å²) in [5, 5.41) is 2.87. The highest BCUT2D eigenvalue weighted by atomic mass is 79.9. The van der Waals surface area contributed by atoms with Crippen molar-refractivity contribution in [3.05, 3.63) is 70.5 Å². The molecule has 0 aromatic heterocycles. The van der Waals surface area contributed by atoms with Crippen LogP contribution in [0.1, 0.15) is 31.7 Å². The first-order valence-electron chi connectivity index (χ1n) is 8.18. The molecular weight excluding hydrogens is 383 g/mol. The number of amides is 1. The van der Waals surface area contributed by atoms with Crippen molar-refractivity contribution in [2.24, 2.45) is 0 Å². The fraction of sp³-hybridized carbons (Fsp3) is 0.250. The molecule has 132 valence electrons.